The fourth-order valence-corrected chi connectivity index (χ4v) is 2.59. The van der Waals surface area contributed by atoms with Gasteiger partial charge in [-0.15, -0.1) is 0 Å². The number of rotatable bonds is 1. The molecule has 2 saturated heterocycles. The fourth-order valence-electron chi connectivity index (χ4n) is 2.59. The number of carbonyl (C=O) groups is 2. The molecule has 2 amide bonds. The normalized spacial score (nSPS) is 30.6. The third kappa shape index (κ3) is 3.19. The molecule has 2 heterocycles. The van der Waals surface area contributed by atoms with Crippen LogP contribution in [-0.4, -0.2) is 49.4 Å². The Morgan fingerprint density at radius 1 is 1.35 bits per heavy atom. The van der Waals surface area contributed by atoms with Crippen molar-refractivity contribution in [2.24, 2.45) is 11.8 Å². The topological polar surface area (TPSA) is 61.4 Å². The predicted octanol–water partition coefficient (Wildman–Crippen LogP) is -0.419. The lowest BCUT2D eigenvalue weighted by atomic mass is 9.91. The molecule has 0 aromatic heterocycles. The second kappa shape index (κ2) is 5.49. The van der Waals surface area contributed by atoms with Crippen LogP contribution >= 0.6 is 0 Å². The standard InChI is InChI=1S/C12H21N3O2/c1-9-6-10(8-13-7-9)12(17)15-4-2-11(16)14-3-5-15/h9-10,13H,2-8H2,1H3,(H,14,16). The molecule has 0 aromatic carbocycles. The van der Waals surface area contributed by atoms with Crippen molar-refractivity contribution < 1.29 is 9.59 Å². The number of amides is 2. The van der Waals surface area contributed by atoms with Crippen LogP contribution in [0.3, 0.4) is 0 Å². The van der Waals surface area contributed by atoms with Gasteiger partial charge < -0.3 is 15.5 Å². The average Bonchev–Trinajstić information content (AvgIpc) is 2.53. The second-order valence-electron chi connectivity index (χ2n) is 5.12. The molecular formula is C12H21N3O2. The molecule has 0 radical (unpaired) electrons. The molecule has 0 aliphatic carbocycles. The molecule has 2 atom stereocenters. The van der Waals surface area contributed by atoms with Crippen LogP contribution in [0.2, 0.25) is 0 Å². The molecule has 0 bridgehead atoms. The van der Waals surface area contributed by atoms with Crippen molar-refractivity contribution in [1.29, 1.82) is 0 Å². The molecule has 96 valence electrons. The Labute approximate surface area is 102 Å². The van der Waals surface area contributed by atoms with Crippen molar-refractivity contribution in [3.8, 4) is 0 Å². The highest BCUT2D eigenvalue weighted by Gasteiger charge is 2.29. The number of hydrogen-bond acceptors (Lipinski definition) is 3. The molecule has 2 aliphatic rings. The Morgan fingerprint density at radius 2 is 2.18 bits per heavy atom. The van der Waals surface area contributed by atoms with E-state index in [0.29, 0.717) is 32.0 Å². The van der Waals surface area contributed by atoms with Gasteiger partial charge in [0, 0.05) is 32.6 Å². The van der Waals surface area contributed by atoms with E-state index in [1.165, 1.54) is 0 Å². The van der Waals surface area contributed by atoms with E-state index < -0.39 is 0 Å². The van der Waals surface area contributed by atoms with Gasteiger partial charge in [-0.05, 0) is 18.9 Å². The van der Waals surface area contributed by atoms with Crippen molar-refractivity contribution in [2.75, 3.05) is 32.7 Å². The molecule has 2 N–H and O–H groups in total. The summed E-state index contributed by atoms with van der Waals surface area (Å²) in [7, 11) is 0. The summed E-state index contributed by atoms with van der Waals surface area (Å²) in [5, 5.41) is 6.09. The van der Waals surface area contributed by atoms with Crippen LogP contribution in [-0.2, 0) is 9.59 Å². The van der Waals surface area contributed by atoms with Gasteiger partial charge in [-0.1, -0.05) is 6.92 Å². The Bertz CT molecular complexity index is 306. The second-order valence-corrected chi connectivity index (χ2v) is 5.12. The quantitative estimate of drug-likeness (QED) is 0.653. The summed E-state index contributed by atoms with van der Waals surface area (Å²) in [5.41, 5.74) is 0. The first-order valence-electron chi connectivity index (χ1n) is 6.43. The molecule has 2 unspecified atom stereocenters. The summed E-state index contributed by atoms with van der Waals surface area (Å²) in [6.45, 7) is 5.75. The molecule has 5 heteroatoms. The van der Waals surface area contributed by atoms with Crippen LogP contribution in [0.15, 0.2) is 0 Å². The number of nitrogens with one attached hydrogen (secondary N) is 2. The van der Waals surface area contributed by atoms with Gasteiger partial charge in [0.05, 0.1) is 5.92 Å². The van der Waals surface area contributed by atoms with Gasteiger partial charge in [0.1, 0.15) is 0 Å². The van der Waals surface area contributed by atoms with E-state index in [4.69, 9.17) is 0 Å². The zero-order valence-electron chi connectivity index (χ0n) is 10.4. The van der Waals surface area contributed by atoms with E-state index in [1.54, 1.807) is 0 Å². The first-order chi connectivity index (χ1) is 8.16. The van der Waals surface area contributed by atoms with Crippen molar-refractivity contribution in [3.05, 3.63) is 0 Å². The van der Waals surface area contributed by atoms with Gasteiger partial charge in [0.2, 0.25) is 11.8 Å². The number of hydrogen-bond donors (Lipinski definition) is 2. The van der Waals surface area contributed by atoms with Crippen molar-refractivity contribution in [3.63, 3.8) is 0 Å². The van der Waals surface area contributed by atoms with Gasteiger partial charge in [0.15, 0.2) is 0 Å². The molecule has 0 spiro atoms. The number of piperidine rings is 1. The van der Waals surface area contributed by atoms with Crippen LogP contribution in [0, 0.1) is 11.8 Å². The van der Waals surface area contributed by atoms with E-state index in [0.717, 1.165) is 19.5 Å². The van der Waals surface area contributed by atoms with Gasteiger partial charge in [-0.3, -0.25) is 9.59 Å². The van der Waals surface area contributed by atoms with Gasteiger partial charge in [-0.25, -0.2) is 0 Å². The minimum atomic E-state index is 0.0513. The number of nitrogens with zero attached hydrogens (tertiary/aromatic N) is 1. The molecule has 5 nitrogen and oxygen atoms in total. The predicted molar refractivity (Wildman–Crippen MR) is 64.3 cm³/mol. The summed E-state index contributed by atoms with van der Waals surface area (Å²) in [6.07, 6.45) is 1.39. The molecule has 2 aliphatic heterocycles. The van der Waals surface area contributed by atoms with E-state index in [2.05, 4.69) is 17.6 Å². The SMILES string of the molecule is CC1CNCC(C(=O)N2CCNC(=O)CC2)C1. The first kappa shape index (κ1) is 12.4. The monoisotopic (exact) mass is 239 g/mol. The van der Waals surface area contributed by atoms with Crippen LogP contribution in [0.5, 0.6) is 0 Å². The molecule has 2 rings (SSSR count). The van der Waals surface area contributed by atoms with E-state index in [9.17, 15) is 9.59 Å². The highest BCUT2D eigenvalue weighted by Crippen LogP contribution is 2.18. The lowest BCUT2D eigenvalue weighted by Gasteiger charge is -2.31. The third-order valence-electron chi connectivity index (χ3n) is 3.54. The van der Waals surface area contributed by atoms with Crippen molar-refractivity contribution >= 4 is 11.8 Å². The van der Waals surface area contributed by atoms with E-state index >= 15 is 0 Å². The summed E-state index contributed by atoms with van der Waals surface area (Å²) < 4.78 is 0. The Morgan fingerprint density at radius 3 is 2.94 bits per heavy atom. The molecular weight excluding hydrogens is 218 g/mol. The fraction of sp³-hybridized carbons (Fsp3) is 0.833. The first-order valence-corrected chi connectivity index (χ1v) is 6.43. The maximum atomic E-state index is 12.3. The zero-order valence-corrected chi connectivity index (χ0v) is 10.4. The summed E-state index contributed by atoms with van der Waals surface area (Å²) in [4.78, 5) is 25.4. The van der Waals surface area contributed by atoms with Gasteiger partial charge in [0.25, 0.3) is 0 Å². The van der Waals surface area contributed by atoms with Gasteiger partial charge in [-0.2, -0.15) is 0 Å². The Kier molecular flexibility index (Phi) is 3.99. The maximum absolute atomic E-state index is 12.3. The third-order valence-corrected chi connectivity index (χ3v) is 3.54. The van der Waals surface area contributed by atoms with Crippen LogP contribution in [0.4, 0.5) is 0 Å². The zero-order chi connectivity index (χ0) is 12.3. The van der Waals surface area contributed by atoms with E-state index in [-0.39, 0.29) is 17.7 Å². The highest BCUT2D eigenvalue weighted by molar-refractivity contribution is 5.81. The van der Waals surface area contributed by atoms with Crippen molar-refractivity contribution in [1.82, 2.24) is 15.5 Å². The maximum Gasteiger partial charge on any atom is 0.227 e. The van der Waals surface area contributed by atoms with Gasteiger partial charge >= 0.3 is 0 Å². The Balaban J connectivity index is 1.91. The van der Waals surface area contributed by atoms with Crippen molar-refractivity contribution in [2.45, 2.75) is 19.8 Å². The minimum absolute atomic E-state index is 0.0513. The Hall–Kier alpha value is -1.10. The molecule has 0 aromatic rings. The molecule has 0 saturated carbocycles. The summed E-state index contributed by atoms with van der Waals surface area (Å²) >= 11 is 0. The largest absolute Gasteiger partial charge is 0.354 e. The summed E-state index contributed by atoms with van der Waals surface area (Å²) in [5.74, 6) is 0.910. The lowest BCUT2D eigenvalue weighted by Crippen LogP contribution is -2.46. The minimum Gasteiger partial charge on any atom is -0.354 e. The highest BCUT2D eigenvalue weighted by atomic mass is 16.2. The van der Waals surface area contributed by atoms with Crippen LogP contribution in [0.1, 0.15) is 19.8 Å². The molecule has 2 fully saturated rings. The smallest absolute Gasteiger partial charge is 0.227 e. The van der Waals surface area contributed by atoms with E-state index in [1.807, 2.05) is 4.90 Å². The lowest BCUT2D eigenvalue weighted by molar-refractivity contribution is -0.136. The molecule has 17 heavy (non-hydrogen) atoms. The average molecular weight is 239 g/mol. The van der Waals surface area contributed by atoms with Crippen LogP contribution < -0.4 is 10.6 Å². The summed E-state index contributed by atoms with van der Waals surface area (Å²) in [6, 6.07) is 0. The van der Waals surface area contributed by atoms with Crippen LogP contribution in [0.25, 0.3) is 0 Å². The number of carbonyl (C=O) groups excluding carboxylic acids is 2.